The van der Waals surface area contributed by atoms with E-state index in [1.165, 1.54) is 28.8 Å². The highest BCUT2D eigenvalue weighted by molar-refractivity contribution is 5.23. The average molecular weight is 324 g/mol. The van der Waals surface area contributed by atoms with E-state index in [1.807, 2.05) is 19.4 Å². The summed E-state index contributed by atoms with van der Waals surface area (Å²) in [6.45, 7) is 6.31. The fourth-order valence-corrected chi connectivity index (χ4v) is 3.66. The number of likely N-dealkylation sites (tertiary alicyclic amines) is 1. The first-order chi connectivity index (χ1) is 11.7. The second-order valence-electron chi connectivity index (χ2n) is 6.91. The number of hydrogen-bond donors (Lipinski definition) is 0. The van der Waals surface area contributed by atoms with Gasteiger partial charge in [-0.1, -0.05) is 35.9 Å². The summed E-state index contributed by atoms with van der Waals surface area (Å²) in [6.07, 6.45) is 5.56. The zero-order chi connectivity index (χ0) is 16.9. The molecule has 3 nitrogen and oxygen atoms in total. The summed E-state index contributed by atoms with van der Waals surface area (Å²) in [4.78, 5) is 7.16. The Bertz CT molecular complexity index is 653. The number of hydrogen-bond acceptors (Lipinski definition) is 3. The Kier molecular flexibility index (Phi) is 5.64. The molecule has 0 aliphatic carbocycles. The molecule has 1 saturated heterocycles. The minimum Gasteiger partial charge on any atom is -0.380 e. The number of rotatable bonds is 5. The summed E-state index contributed by atoms with van der Waals surface area (Å²) >= 11 is 0. The van der Waals surface area contributed by atoms with Crippen molar-refractivity contribution in [1.82, 2.24) is 9.88 Å². The molecule has 24 heavy (non-hydrogen) atoms. The molecule has 3 rings (SSSR count). The van der Waals surface area contributed by atoms with Crippen LogP contribution >= 0.6 is 0 Å². The number of aromatic nitrogens is 1. The van der Waals surface area contributed by atoms with Gasteiger partial charge in [-0.2, -0.15) is 0 Å². The standard InChI is InChI=1S/C21H28N2O/c1-16-8-10-18(11-9-16)14-20-21(24-3)7-5-13-23(20)15-19-17(2)6-4-12-22-19/h4,6,8-12,20-21H,5,7,13-15H2,1-3H3/t20-,21-/m0/s1. The number of piperidine rings is 1. The van der Waals surface area contributed by atoms with E-state index in [0.717, 1.165) is 25.9 Å². The minimum absolute atomic E-state index is 0.295. The first-order valence-corrected chi connectivity index (χ1v) is 8.90. The summed E-state index contributed by atoms with van der Waals surface area (Å²) in [7, 11) is 1.85. The van der Waals surface area contributed by atoms with Crippen LogP contribution < -0.4 is 0 Å². The second-order valence-corrected chi connectivity index (χ2v) is 6.91. The molecule has 3 heteroatoms. The van der Waals surface area contributed by atoms with Gasteiger partial charge in [-0.15, -0.1) is 0 Å². The van der Waals surface area contributed by atoms with Crippen molar-refractivity contribution in [3.05, 3.63) is 65.0 Å². The lowest BCUT2D eigenvalue weighted by Gasteiger charge is -2.41. The first-order valence-electron chi connectivity index (χ1n) is 8.90. The Morgan fingerprint density at radius 3 is 2.67 bits per heavy atom. The van der Waals surface area contributed by atoms with Gasteiger partial charge in [0.2, 0.25) is 0 Å². The highest BCUT2D eigenvalue weighted by Gasteiger charge is 2.31. The summed E-state index contributed by atoms with van der Waals surface area (Å²) in [5.41, 5.74) is 5.15. The molecule has 1 aromatic carbocycles. The van der Waals surface area contributed by atoms with Gasteiger partial charge in [-0.05, 0) is 56.8 Å². The molecular weight excluding hydrogens is 296 g/mol. The van der Waals surface area contributed by atoms with Crippen LogP contribution in [0.2, 0.25) is 0 Å². The number of aryl methyl sites for hydroxylation is 2. The van der Waals surface area contributed by atoms with Gasteiger partial charge in [-0.3, -0.25) is 9.88 Å². The van der Waals surface area contributed by atoms with Crippen LogP contribution in [0.5, 0.6) is 0 Å². The van der Waals surface area contributed by atoms with Crippen molar-refractivity contribution in [2.24, 2.45) is 0 Å². The number of pyridine rings is 1. The lowest BCUT2D eigenvalue weighted by atomic mass is 9.92. The number of methoxy groups -OCH3 is 1. The fourth-order valence-electron chi connectivity index (χ4n) is 3.66. The first kappa shape index (κ1) is 17.1. The molecule has 2 aromatic rings. The van der Waals surface area contributed by atoms with Crippen LogP contribution in [0.15, 0.2) is 42.6 Å². The van der Waals surface area contributed by atoms with E-state index in [-0.39, 0.29) is 0 Å². The largest absolute Gasteiger partial charge is 0.380 e. The van der Waals surface area contributed by atoms with Crippen LogP contribution in [0.25, 0.3) is 0 Å². The third kappa shape index (κ3) is 4.03. The molecule has 1 fully saturated rings. The van der Waals surface area contributed by atoms with Crippen molar-refractivity contribution in [1.29, 1.82) is 0 Å². The fraction of sp³-hybridized carbons (Fsp3) is 0.476. The van der Waals surface area contributed by atoms with Crippen molar-refractivity contribution >= 4 is 0 Å². The summed E-state index contributed by atoms with van der Waals surface area (Å²) in [5, 5.41) is 0. The van der Waals surface area contributed by atoms with E-state index < -0.39 is 0 Å². The smallest absolute Gasteiger partial charge is 0.0730 e. The molecule has 1 aliphatic heterocycles. The Morgan fingerprint density at radius 1 is 1.17 bits per heavy atom. The highest BCUT2D eigenvalue weighted by Crippen LogP contribution is 2.25. The topological polar surface area (TPSA) is 25.4 Å². The summed E-state index contributed by atoms with van der Waals surface area (Å²) < 4.78 is 5.84. The van der Waals surface area contributed by atoms with Gasteiger partial charge in [0.05, 0.1) is 11.8 Å². The Balaban J connectivity index is 1.79. The molecule has 0 spiro atoms. The zero-order valence-electron chi connectivity index (χ0n) is 15.0. The molecular formula is C21H28N2O. The molecule has 0 N–H and O–H groups in total. The molecule has 0 bridgehead atoms. The molecule has 1 aliphatic rings. The van der Waals surface area contributed by atoms with Crippen molar-refractivity contribution in [3.63, 3.8) is 0 Å². The van der Waals surface area contributed by atoms with Crippen LogP contribution in [0, 0.1) is 13.8 Å². The maximum atomic E-state index is 5.84. The van der Waals surface area contributed by atoms with E-state index in [0.29, 0.717) is 12.1 Å². The van der Waals surface area contributed by atoms with E-state index in [9.17, 15) is 0 Å². The Labute approximate surface area is 145 Å². The molecule has 1 aromatic heterocycles. The predicted molar refractivity (Wildman–Crippen MR) is 98.1 cm³/mol. The van der Waals surface area contributed by atoms with E-state index in [2.05, 4.69) is 54.1 Å². The van der Waals surface area contributed by atoms with Crippen LogP contribution in [0.1, 0.15) is 35.2 Å². The van der Waals surface area contributed by atoms with E-state index in [1.54, 1.807) is 0 Å². The van der Waals surface area contributed by atoms with E-state index in [4.69, 9.17) is 4.74 Å². The third-order valence-corrected chi connectivity index (χ3v) is 5.17. The summed E-state index contributed by atoms with van der Waals surface area (Å²) in [6, 6.07) is 13.5. The quantitative estimate of drug-likeness (QED) is 0.833. The third-order valence-electron chi connectivity index (χ3n) is 5.17. The molecule has 0 saturated carbocycles. The van der Waals surface area contributed by atoms with Crippen molar-refractivity contribution in [3.8, 4) is 0 Å². The molecule has 0 amide bonds. The van der Waals surface area contributed by atoms with Gasteiger partial charge in [0, 0.05) is 25.9 Å². The maximum Gasteiger partial charge on any atom is 0.0730 e. The Morgan fingerprint density at radius 2 is 1.96 bits per heavy atom. The SMILES string of the molecule is CO[C@H]1CCCN(Cc2ncccc2C)[C@H]1Cc1ccc(C)cc1. The van der Waals surface area contributed by atoms with Crippen molar-refractivity contribution in [2.75, 3.05) is 13.7 Å². The van der Waals surface area contributed by atoms with Gasteiger partial charge >= 0.3 is 0 Å². The molecule has 128 valence electrons. The zero-order valence-corrected chi connectivity index (χ0v) is 15.0. The van der Waals surface area contributed by atoms with Crippen molar-refractivity contribution in [2.45, 2.75) is 51.8 Å². The molecule has 2 atom stereocenters. The van der Waals surface area contributed by atoms with Gasteiger partial charge in [0.25, 0.3) is 0 Å². The number of nitrogens with zero attached hydrogens (tertiary/aromatic N) is 2. The lowest BCUT2D eigenvalue weighted by Crippen LogP contribution is -2.49. The second kappa shape index (κ2) is 7.91. The van der Waals surface area contributed by atoms with Crippen LogP contribution in [0.3, 0.4) is 0 Å². The monoisotopic (exact) mass is 324 g/mol. The van der Waals surface area contributed by atoms with Crippen LogP contribution in [-0.2, 0) is 17.7 Å². The Hall–Kier alpha value is -1.71. The van der Waals surface area contributed by atoms with Crippen molar-refractivity contribution < 1.29 is 4.74 Å². The van der Waals surface area contributed by atoms with Gasteiger partial charge in [0.1, 0.15) is 0 Å². The summed E-state index contributed by atoms with van der Waals surface area (Å²) in [5.74, 6) is 0. The number of ether oxygens (including phenoxy) is 1. The van der Waals surface area contributed by atoms with Gasteiger partial charge < -0.3 is 4.74 Å². The van der Waals surface area contributed by atoms with Gasteiger partial charge in [0.15, 0.2) is 0 Å². The lowest BCUT2D eigenvalue weighted by molar-refractivity contribution is -0.0223. The molecule has 0 unspecified atom stereocenters. The minimum atomic E-state index is 0.295. The maximum absolute atomic E-state index is 5.84. The van der Waals surface area contributed by atoms with Crippen LogP contribution in [0.4, 0.5) is 0 Å². The number of benzene rings is 1. The normalized spacial score (nSPS) is 21.8. The molecule has 2 heterocycles. The van der Waals surface area contributed by atoms with Gasteiger partial charge in [-0.25, -0.2) is 0 Å². The molecule has 0 radical (unpaired) electrons. The average Bonchev–Trinajstić information content (AvgIpc) is 2.60. The predicted octanol–water partition coefficient (Wildman–Crippen LogP) is 3.92. The highest BCUT2D eigenvalue weighted by atomic mass is 16.5. The van der Waals surface area contributed by atoms with E-state index >= 15 is 0 Å². The van der Waals surface area contributed by atoms with Crippen LogP contribution in [-0.4, -0.2) is 35.7 Å².